The average Bonchev–Trinajstić information content (AvgIpc) is 3.43. The summed E-state index contributed by atoms with van der Waals surface area (Å²) >= 11 is 0. The van der Waals surface area contributed by atoms with Gasteiger partial charge in [0.1, 0.15) is 24.4 Å². The molecule has 1 saturated heterocycles. The molecule has 9 nitrogen and oxygen atoms in total. The van der Waals surface area contributed by atoms with Crippen LogP contribution < -0.4 is 5.32 Å². The van der Waals surface area contributed by atoms with Gasteiger partial charge in [-0.25, -0.2) is 0 Å². The normalized spacial score (nSPS) is 19.8. The second-order valence-electron chi connectivity index (χ2n) is 20.4. The van der Waals surface area contributed by atoms with Crippen LogP contribution in [0, 0.1) is 0 Å². The Morgan fingerprint density at radius 3 is 1.25 bits per heavy atom. The number of hydrogen-bond acceptors (Lipinski definition) is 8. The van der Waals surface area contributed by atoms with Crippen LogP contribution >= 0.6 is 0 Å². The molecule has 1 aliphatic rings. The van der Waals surface area contributed by atoms with Gasteiger partial charge >= 0.3 is 0 Å². The molecule has 77 heavy (non-hydrogen) atoms. The summed E-state index contributed by atoms with van der Waals surface area (Å²) in [7, 11) is 0. The number of ether oxygens (including phenoxy) is 2. The van der Waals surface area contributed by atoms with E-state index < -0.39 is 49.5 Å². The topological polar surface area (TPSA) is 149 Å². The zero-order chi connectivity index (χ0) is 55.8. The number of aliphatic hydroxyl groups excluding tert-OH is 5. The maximum atomic E-state index is 13.1. The fourth-order valence-electron chi connectivity index (χ4n) is 8.61. The molecule has 7 atom stereocenters. The van der Waals surface area contributed by atoms with Crippen LogP contribution in [0.5, 0.6) is 0 Å². The molecular weight excluding hydrogens is 959 g/mol. The van der Waals surface area contributed by atoms with E-state index in [1.165, 1.54) is 83.5 Å². The molecule has 0 bridgehead atoms. The number of aliphatic hydroxyl groups is 5. The number of rotatable bonds is 50. The number of hydrogen-bond donors (Lipinski definition) is 6. The molecule has 6 N–H and O–H groups in total. The van der Waals surface area contributed by atoms with Crippen LogP contribution in [0.15, 0.2) is 146 Å². The Balaban J connectivity index is 2.26. The van der Waals surface area contributed by atoms with Gasteiger partial charge in [0.15, 0.2) is 6.29 Å². The summed E-state index contributed by atoms with van der Waals surface area (Å²) in [6.45, 7) is 3.63. The molecule has 1 rings (SSSR count). The van der Waals surface area contributed by atoms with Crippen LogP contribution in [-0.2, 0) is 14.3 Å². The van der Waals surface area contributed by atoms with E-state index >= 15 is 0 Å². The van der Waals surface area contributed by atoms with Crippen molar-refractivity contribution in [3.63, 3.8) is 0 Å². The van der Waals surface area contributed by atoms with Gasteiger partial charge in [-0.05, 0) is 109 Å². The SMILES string of the molecule is CC/C=C\C/C=C\C/C=C\C/C=C\C/C=C\C/C=C\C/C=C\C/C=C\C/C=C\C/C=C\CCCCCCC(=O)NC(COC1OC(CO)C(O)C(O)C1O)C(O)/C=C/CC/C=C/CCCCCCCCCCCCCCC. The fraction of sp³-hybridized carbons (Fsp3) is 0.632. The minimum atomic E-state index is -1.59. The Morgan fingerprint density at radius 2 is 0.818 bits per heavy atom. The van der Waals surface area contributed by atoms with Crippen molar-refractivity contribution in [1.82, 2.24) is 5.32 Å². The lowest BCUT2D eigenvalue weighted by atomic mass is 9.99. The Morgan fingerprint density at radius 1 is 0.455 bits per heavy atom. The van der Waals surface area contributed by atoms with Gasteiger partial charge in [-0.2, -0.15) is 0 Å². The van der Waals surface area contributed by atoms with Crippen LogP contribution in [0.1, 0.15) is 219 Å². The third-order valence-electron chi connectivity index (χ3n) is 13.4. The van der Waals surface area contributed by atoms with Crippen molar-refractivity contribution in [3.05, 3.63) is 146 Å². The van der Waals surface area contributed by atoms with Crippen molar-refractivity contribution >= 4 is 5.91 Å². The molecule has 1 fully saturated rings. The summed E-state index contributed by atoms with van der Waals surface area (Å²) in [5.41, 5.74) is 0. The largest absolute Gasteiger partial charge is 0.394 e. The van der Waals surface area contributed by atoms with E-state index in [9.17, 15) is 30.3 Å². The van der Waals surface area contributed by atoms with Crippen molar-refractivity contribution < 1.29 is 39.8 Å². The molecule has 0 radical (unpaired) electrons. The molecule has 0 aromatic heterocycles. The highest BCUT2D eigenvalue weighted by Crippen LogP contribution is 2.23. The van der Waals surface area contributed by atoms with Gasteiger partial charge in [0.2, 0.25) is 5.91 Å². The Bertz CT molecular complexity index is 1720. The quantitative estimate of drug-likeness (QED) is 0.0261. The van der Waals surface area contributed by atoms with Crippen LogP contribution in [0.2, 0.25) is 0 Å². The number of unbranched alkanes of at least 4 members (excludes halogenated alkanes) is 18. The molecule has 0 spiro atoms. The Hall–Kier alpha value is -3.93. The monoisotopic (exact) mass is 1070 g/mol. The number of amides is 1. The van der Waals surface area contributed by atoms with E-state index in [0.717, 1.165) is 109 Å². The summed E-state index contributed by atoms with van der Waals surface area (Å²) in [6.07, 6.45) is 79.1. The first-order valence-corrected chi connectivity index (χ1v) is 30.6. The van der Waals surface area contributed by atoms with Gasteiger partial charge in [0.25, 0.3) is 0 Å². The summed E-state index contributed by atoms with van der Waals surface area (Å²) in [5, 5.41) is 54.5. The molecule has 1 aliphatic heterocycles. The molecule has 436 valence electrons. The summed E-state index contributed by atoms with van der Waals surface area (Å²) in [6, 6.07) is -0.848. The third kappa shape index (κ3) is 44.6. The van der Waals surface area contributed by atoms with Crippen molar-refractivity contribution in [3.8, 4) is 0 Å². The molecule has 0 aliphatic carbocycles. The lowest BCUT2D eigenvalue weighted by Crippen LogP contribution is -2.60. The molecule has 0 aromatic carbocycles. The van der Waals surface area contributed by atoms with Gasteiger partial charge in [0, 0.05) is 6.42 Å². The molecule has 0 aromatic rings. The maximum Gasteiger partial charge on any atom is 0.220 e. The second-order valence-corrected chi connectivity index (χ2v) is 20.4. The summed E-state index contributed by atoms with van der Waals surface area (Å²) in [5.74, 6) is -0.217. The van der Waals surface area contributed by atoms with E-state index in [1.54, 1.807) is 6.08 Å². The first kappa shape index (κ1) is 71.1. The van der Waals surface area contributed by atoms with Crippen molar-refractivity contribution in [1.29, 1.82) is 0 Å². The van der Waals surface area contributed by atoms with Gasteiger partial charge in [-0.15, -0.1) is 0 Å². The van der Waals surface area contributed by atoms with Gasteiger partial charge in [0.05, 0.1) is 25.4 Å². The van der Waals surface area contributed by atoms with Crippen LogP contribution in [-0.4, -0.2) is 87.5 Å². The van der Waals surface area contributed by atoms with Gasteiger partial charge < -0.3 is 40.3 Å². The molecule has 9 heteroatoms. The minimum absolute atomic E-state index is 0.217. The van der Waals surface area contributed by atoms with E-state index in [2.05, 4.69) is 153 Å². The lowest BCUT2D eigenvalue weighted by Gasteiger charge is -2.40. The molecular formula is C68H111NO8. The Labute approximate surface area is 470 Å². The van der Waals surface area contributed by atoms with Crippen molar-refractivity contribution in [2.24, 2.45) is 0 Å². The van der Waals surface area contributed by atoms with Crippen molar-refractivity contribution in [2.75, 3.05) is 13.2 Å². The summed E-state index contributed by atoms with van der Waals surface area (Å²) in [4.78, 5) is 13.1. The first-order chi connectivity index (χ1) is 37.8. The minimum Gasteiger partial charge on any atom is -0.394 e. The highest BCUT2D eigenvalue weighted by Gasteiger charge is 2.44. The fourth-order valence-corrected chi connectivity index (χ4v) is 8.61. The number of nitrogens with one attached hydrogen (secondary N) is 1. The van der Waals surface area contributed by atoms with Crippen molar-refractivity contribution in [2.45, 2.75) is 262 Å². The molecule has 0 saturated carbocycles. The standard InChI is InChI=1S/C68H111NO8/c1-3-5-7-9-11-13-15-17-19-21-23-24-25-26-27-28-29-30-31-32-33-34-35-36-37-38-40-42-44-46-48-50-52-54-56-58-64(72)69-61(60-76-68-67(75)66(74)65(73)63(59-70)77-68)62(71)57-55-53-51-49-47-45-43-41-39-22-20-18-16-14-12-10-8-6-4-2/h5,7,11,13,17,19,23-24,26-27,29-30,32-33,35-36,38,40,44,46-47,49,55,57,61-63,65-68,70-71,73-75H,3-4,6,8-10,12,14-16,18,20-22,25,28,31,34,37,39,41-43,45,48,50-54,56,58-60H2,1-2H3,(H,69,72)/b7-5-,13-11-,19-17-,24-23-,27-26-,30-29-,33-32-,36-35-,40-38-,46-44-,49-47+,57-55+. The first-order valence-electron chi connectivity index (χ1n) is 30.6. The van der Waals surface area contributed by atoms with Gasteiger partial charge in [-0.3, -0.25) is 4.79 Å². The van der Waals surface area contributed by atoms with Crippen LogP contribution in [0.3, 0.4) is 0 Å². The summed E-state index contributed by atoms with van der Waals surface area (Å²) < 4.78 is 11.2. The maximum absolute atomic E-state index is 13.1. The molecule has 7 unspecified atom stereocenters. The second kappa shape index (κ2) is 55.4. The third-order valence-corrected chi connectivity index (χ3v) is 13.4. The van der Waals surface area contributed by atoms with E-state index in [-0.39, 0.29) is 12.5 Å². The van der Waals surface area contributed by atoms with E-state index in [0.29, 0.717) is 12.8 Å². The average molecular weight is 1070 g/mol. The van der Waals surface area contributed by atoms with E-state index in [1.807, 2.05) is 6.08 Å². The van der Waals surface area contributed by atoms with Gasteiger partial charge in [-0.1, -0.05) is 250 Å². The zero-order valence-corrected chi connectivity index (χ0v) is 48.4. The number of carbonyl (C=O) groups excluding carboxylic acids is 1. The predicted molar refractivity (Wildman–Crippen MR) is 326 cm³/mol. The molecule has 1 heterocycles. The number of carbonyl (C=O) groups is 1. The smallest absolute Gasteiger partial charge is 0.220 e. The Kier molecular flexibility index (Phi) is 51.1. The highest BCUT2D eigenvalue weighted by molar-refractivity contribution is 5.76. The zero-order valence-electron chi connectivity index (χ0n) is 48.4. The van der Waals surface area contributed by atoms with Crippen LogP contribution in [0.4, 0.5) is 0 Å². The lowest BCUT2D eigenvalue weighted by molar-refractivity contribution is -0.302. The number of allylic oxidation sites excluding steroid dienone is 23. The highest BCUT2D eigenvalue weighted by atomic mass is 16.7. The van der Waals surface area contributed by atoms with Crippen LogP contribution in [0.25, 0.3) is 0 Å². The van der Waals surface area contributed by atoms with E-state index in [4.69, 9.17) is 9.47 Å². The predicted octanol–water partition coefficient (Wildman–Crippen LogP) is 15.8. The molecule has 1 amide bonds.